The quantitative estimate of drug-likeness (QED) is 0.773. The highest BCUT2D eigenvalue weighted by Gasteiger charge is 2.06. The lowest BCUT2D eigenvalue weighted by Crippen LogP contribution is -2.25. The van der Waals surface area contributed by atoms with Crippen LogP contribution in [0.1, 0.15) is 26.5 Å². The number of rotatable bonds is 6. The van der Waals surface area contributed by atoms with Gasteiger partial charge < -0.3 is 10.1 Å². The lowest BCUT2D eigenvalue weighted by molar-refractivity contribution is 0.0988. The van der Waals surface area contributed by atoms with Gasteiger partial charge in [0, 0.05) is 25.9 Å². The molecule has 1 aromatic rings. The minimum Gasteiger partial charge on any atom is -0.380 e. The largest absolute Gasteiger partial charge is 0.380 e. The van der Waals surface area contributed by atoms with Crippen LogP contribution in [-0.2, 0) is 17.8 Å². The monoisotopic (exact) mass is 211 g/mol. The van der Waals surface area contributed by atoms with E-state index in [1.165, 1.54) is 5.69 Å². The van der Waals surface area contributed by atoms with Gasteiger partial charge in [-0.25, -0.2) is 0 Å². The zero-order valence-corrected chi connectivity index (χ0v) is 10.0. The SMILES string of the molecule is COC(C)Cn1nccc1CNC(C)C. The standard InChI is InChI=1S/C11H21N3O/c1-9(2)12-7-11-5-6-13-14(11)8-10(3)15-4/h5-6,9-10,12H,7-8H2,1-4H3. The number of hydrogen-bond acceptors (Lipinski definition) is 3. The van der Waals surface area contributed by atoms with E-state index in [9.17, 15) is 0 Å². The van der Waals surface area contributed by atoms with Crippen molar-refractivity contribution in [1.82, 2.24) is 15.1 Å². The number of nitrogens with zero attached hydrogens (tertiary/aromatic N) is 2. The molecule has 0 aromatic carbocycles. The smallest absolute Gasteiger partial charge is 0.0739 e. The molecular formula is C11H21N3O. The van der Waals surface area contributed by atoms with Crippen LogP contribution in [0, 0.1) is 0 Å². The van der Waals surface area contributed by atoms with Crippen molar-refractivity contribution < 1.29 is 4.74 Å². The molecule has 1 atom stereocenters. The molecule has 0 amide bonds. The van der Waals surface area contributed by atoms with Crippen LogP contribution in [0.4, 0.5) is 0 Å². The van der Waals surface area contributed by atoms with Crippen molar-refractivity contribution in [3.05, 3.63) is 18.0 Å². The first-order chi connectivity index (χ1) is 7.13. The average Bonchev–Trinajstić information content (AvgIpc) is 2.62. The Morgan fingerprint density at radius 1 is 1.47 bits per heavy atom. The maximum absolute atomic E-state index is 5.22. The molecule has 86 valence electrons. The normalized spacial score (nSPS) is 13.4. The number of ether oxygens (including phenoxy) is 1. The predicted octanol–water partition coefficient (Wildman–Crippen LogP) is 1.42. The summed E-state index contributed by atoms with van der Waals surface area (Å²) in [6.07, 6.45) is 2.03. The molecule has 1 unspecified atom stereocenters. The number of aromatic nitrogens is 2. The topological polar surface area (TPSA) is 39.1 Å². The molecule has 1 N–H and O–H groups in total. The first-order valence-corrected chi connectivity index (χ1v) is 5.40. The fraction of sp³-hybridized carbons (Fsp3) is 0.727. The zero-order valence-electron chi connectivity index (χ0n) is 10.0. The molecule has 0 spiro atoms. The lowest BCUT2D eigenvalue weighted by Gasteiger charge is -2.13. The molecule has 0 bridgehead atoms. The molecule has 0 aliphatic carbocycles. The first-order valence-electron chi connectivity index (χ1n) is 5.40. The van der Waals surface area contributed by atoms with Crippen molar-refractivity contribution in [3.63, 3.8) is 0 Å². The van der Waals surface area contributed by atoms with E-state index in [0.717, 1.165) is 13.1 Å². The van der Waals surface area contributed by atoms with Gasteiger partial charge in [-0.15, -0.1) is 0 Å². The minimum atomic E-state index is 0.197. The van der Waals surface area contributed by atoms with Gasteiger partial charge in [-0.2, -0.15) is 5.10 Å². The van der Waals surface area contributed by atoms with Gasteiger partial charge in [0.1, 0.15) is 0 Å². The van der Waals surface area contributed by atoms with Crippen LogP contribution in [0.15, 0.2) is 12.3 Å². The van der Waals surface area contributed by atoms with E-state index in [2.05, 4.69) is 24.3 Å². The summed E-state index contributed by atoms with van der Waals surface area (Å²) in [5.74, 6) is 0. The van der Waals surface area contributed by atoms with Crippen molar-refractivity contribution in [1.29, 1.82) is 0 Å². The van der Waals surface area contributed by atoms with Gasteiger partial charge in [-0.05, 0) is 13.0 Å². The second kappa shape index (κ2) is 5.88. The molecule has 0 saturated heterocycles. The average molecular weight is 211 g/mol. The second-order valence-corrected chi connectivity index (χ2v) is 4.09. The molecular weight excluding hydrogens is 190 g/mol. The maximum Gasteiger partial charge on any atom is 0.0739 e. The van der Waals surface area contributed by atoms with E-state index < -0.39 is 0 Å². The Labute approximate surface area is 91.6 Å². The van der Waals surface area contributed by atoms with Gasteiger partial charge in [-0.3, -0.25) is 4.68 Å². The highest BCUT2D eigenvalue weighted by Crippen LogP contribution is 2.02. The molecule has 1 rings (SSSR count). The van der Waals surface area contributed by atoms with Crippen molar-refractivity contribution in [2.45, 2.75) is 46.0 Å². The fourth-order valence-corrected chi connectivity index (χ4v) is 1.30. The summed E-state index contributed by atoms with van der Waals surface area (Å²) in [6.45, 7) is 7.98. The predicted molar refractivity (Wildman–Crippen MR) is 60.7 cm³/mol. The third-order valence-electron chi connectivity index (χ3n) is 2.33. The summed E-state index contributed by atoms with van der Waals surface area (Å²) in [4.78, 5) is 0. The van der Waals surface area contributed by atoms with E-state index in [-0.39, 0.29) is 6.10 Å². The van der Waals surface area contributed by atoms with Gasteiger partial charge in [0.05, 0.1) is 18.3 Å². The van der Waals surface area contributed by atoms with E-state index >= 15 is 0 Å². The van der Waals surface area contributed by atoms with Crippen molar-refractivity contribution in [2.75, 3.05) is 7.11 Å². The third-order valence-corrected chi connectivity index (χ3v) is 2.33. The van der Waals surface area contributed by atoms with Crippen LogP contribution in [-0.4, -0.2) is 29.0 Å². The maximum atomic E-state index is 5.22. The summed E-state index contributed by atoms with van der Waals surface area (Å²) in [7, 11) is 1.72. The van der Waals surface area contributed by atoms with Crippen LogP contribution in [0.2, 0.25) is 0 Å². The van der Waals surface area contributed by atoms with Crippen molar-refractivity contribution in [3.8, 4) is 0 Å². The molecule has 4 heteroatoms. The van der Waals surface area contributed by atoms with Crippen LogP contribution >= 0.6 is 0 Å². The molecule has 0 radical (unpaired) electrons. The van der Waals surface area contributed by atoms with E-state index in [0.29, 0.717) is 6.04 Å². The molecule has 1 heterocycles. The summed E-state index contributed by atoms with van der Waals surface area (Å²) in [5.41, 5.74) is 1.20. The van der Waals surface area contributed by atoms with E-state index in [4.69, 9.17) is 4.74 Å². The summed E-state index contributed by atoms with van der Waals surface area (Å²) < 4.78 is 7.21. The summed E-state index contributed by atoms with van der Waals surface area (Å²) >= 11 is 0. The molecule has 1 aromatic heterocycles. The number of nitrogens with one attached hydrogen (secondary N) is 1. The molecule has 15 heavy (non-hydrogen) atoms. The van der Waals surface area contributed by atoms with Crippen molar-refractivity contribution >= 4 is 0 Å². The summed E-state index contributed by atoms with van der Waals surface area (Å²) in [6, 6.07) is 2.53. The van der Waals surface area contributed by atoms with E-state index in [1.807, 2.05) is 23.9 Å². The van der Waals surface area contributed by atoms with E-state index in [1.54, 1.807) is 7.11 Å². The Morgan fingerprint density at radius 2 is 2.20 bits per heavy atom. The second-order valence-electron chi connectivity index (χ2n) is 4.09. The summed E-state index contributed by atoms with van der Waals surface area (Å²) in [5, 5.41) is 7.66. The van der Waals surface area contributed by atoms with Gasteiger partial charge in [-0.1, -0.05) is 13.8 Å². The van der Waals surface area contributed by atoms with Crippen molar-refractivity contribution in [2.24, 2.45) is 0 Å². The highest BCUT2D eigenvalue weighted by atomic mass is 16.5. The fourth-order valence-electron chi connectivity index (χ4n) is 1.30. The number of hydrogen-bond donors (Lipinski definition) is 1. The van der Waals surface area contributed by atoms with Gasteiger partial charge in [0.15, 0.2) is 0 Å². The van der Waals surface area contributed by atoms with Crippen LogP contribution in [0.25, 0.3) is 0 Å². The Balaban J connectivity index is 2.53. The molecule has 0 saturated carbocycles. The Hall–Kier alpha value is -0.870. The van der Waals surface area contributed by atoms with Crippen LogP contribution < -0.4 is 5.32 Å². The number of methoxy groups -OCH3 is 1. The Bertz CT molecular complexity index is 283. The highest BCUT2D eigenvalue weighted by molar-refractivity contribution is 5.00. The Morgan fingerprint density at radius 3 is 2.80 bits per heavy atom. The molecule has 0 aliphatic rings. The van der Waals surface area contributed by atoms with Gasteiger partial charge >= 0.3 is 0 Å². The zero-order chi connectivity index (χ0) is 11.3. The van der Waals surface area contributed by atoms with Gasteiger partial charge in [0.25, 0.3) is 0 Å². The van der Waals surface area contributed by atoms with Crippen LogP contribution in [0.3, 0.4) is 0 Å². The van der Waals surface area contributed by atoms with Crippen LogP contribution in [0.5, 0.6) is 0 Å². The molecule has 0 aliphatic heterocycles. The molecule has 0 fully saturated rings. The first kappa shape index (κ1) is 12.2. The molecule has 4 nitrogen and oxygen atoms in total. The van der Waals surface area contributed by atoms with Gasteiger partial charge in [0.2, 0.25) is 0 Å². The third kappa shape index (κ3) is 4.01. The lowest BCUT2D eigenvalue weighted by atomic mass is 10.3. The Kier molecular flexibility index (Phi) is 4.78. The minimum absolute atomic E-state index is 0.197.